The Morgan fingerprint density at radius 2 is 1.76 bits per heavy atom. The lowest BCUT2D eigenvalue weighted by Gasteiger charge is -2.34. The second kappa shape index (κ2) is 6.75. The highest BCUT2D eigenvalue weighted by Gasteiger charge is 2.25. The van der Waals surface area contributed by atoms with Gasteiger partial charge in [-0.05, 0) is 49.1 Å². The van der Waals surface area contributed by atoms with Crippen molar-refractivity contribution in [3.05, 3.63) is 0 Å². The van der Waals surface area contributed by atoms with E-state index in [1.807, 2.05) is 0 Å². The van der Waals surface area contributed by atoms with Crippen LogP contribution in [0.5, 0.6) is 0 Å². The minimum atomic E-state index is 0.396. The zero-order valence-corrected chi connectivity index (χ0v) is 12.3. The van der Waals surface area contributed by atoms with Crippen molar-refractivity contribution < 1.29 is 0 Å². The third-order valence-corrected chi connectivity index (χ3v) is 4.92. The van der Waals surface area contributed by atoms with Crippen molar-refractivity contribution in [1.29, 1.82) is 0 Å². The van der Waals surface area contributed by atoms with Crippen molar-refractivity contribution in [2.24, 2.45) is 28.9 Å². The van der Waals surface area contributed by atoms with Gasteiger partial charge in [-0.2, -0.15) is 0 Å². The highest BCUT2D eigenvalue weighted by atomic mass is 14.9. The molecule has 2 heteroatoms. The van der Waals surface area contributed by atoms with Gasteiger partial charge in [0, 0.05) is 6.54 Å². The lowest BCUT2D eigenvalue weighted by molar-refractivity contribution is 0.201. The van der Waals surface area contributed by atoms with E-state index in [9.17, 15) is 0 Å². The van der Waals surface area contributed by atoms with Crippen LogP contribution in [-0.4, -0.2) is 19.6 Å². The molecule has 0 saturated heterocycles. The van der Waals surface area contributed by atoms with Crippen LogP contribution in [0.15, 0.2) is 0 Å². The monoisotopic (exact) mass is 240 g/mol. The second-order valence-corrected chi connectivity index (χ2v) is 6.81. The average molecular weight is 240 g/mol. The molecule has 0 aliphatic heterocycles. The molecule has 0 aromatic rings. The SMILES string of the molecule is CC(C)C(C)(C)CNCC1CCCCC1CN. The number of rotatable bonds is 6. The molecule has 2 nitrogen and oxygen atoms in total. The van der Waals surface area contributed by atoms with Gasteiger partial charge in [0.25, 0.3) is 0 Å². The first-order chi connectivity index (χ1) is 7.97. The van der Waals surface area contributed by atoms with E-state index in [4.69, 9.17) is 5.73 Å². The molecule has 2 unspecified atom stereocenters. The smallest absolute Gasteiger partial charge is 0.000508 e. The van der Waals surface area contributed by atoms with E-state index < -0.39 is 0 Å². The Labute approximate surface area is 108 Å². The van der Waals surface area contributed by atoms with E-state index in [0.29, 0.717) is 5.41 Å². The van der Waals surface area contributed by atoms with Gasteiger partial charge in [0.2, 0.25) is 0 Å². The number of nitrogens with one attached hydrogen (secondary N) is 1. The molecule has 0 heterocycles. The predicted molar refractivity (Wildman–Crippen MR) is 76.0 cm³/mol. The number of nitrogens with two attached hydrogens (primary N) is 1. The van der Waals surface area contributed by atoms with Crippen LogP contribution in [0.25, 0.3) is 0 Å². The molecule has 1 saturated carbocycles. The van der Waals surface area contributed by atoms with Gasteiger partial charge in [-0.3, -0.25) is 0 Å². The van der Waals surface area contributed by atoms with Gasteiger partial charge in [0.05, 0.1) is 0 Å². The van der Waals surface area contributed by atoms with Gasteiger partial charge in [-0.15, -0.1) is 0 Å². The lowest BCUT2D eigenvalue weighted by atomic mass is 9.78. The Balaban J connectivity index is 2.29. The fourth-order valence-electron chi connectivity index (χ4n) is 2.65. The summed E-state index contributed by atoms with van der Waals surface area (Å²) in [6.45, 7) is 12.5. The summed E-state index contributed by atoms with van der Waals surface area (Å²) >= 11 is 0. The summed E-state index contributed by atoms with van der Waals surface area (Å²) in [5.41, 5.74) is 6.27. The van der Waals surface area contributed by atoms with Crippen LogP contribution in [0.3, 0.4) is 0 Å². The Morgan fingerprint density at radius 1 is 1.18 bits per heavy atom. The summed E-state index contributed by atoms with van der Waals surface area (Å²) in [5.74, 6) is 2.31. The molecule has 1 aliphatic rings. The summed E-state index contributed by atoms with van der Waals surface area (Å²) in [5, 5.41) is 3.69. The van der Waals surface area contributed by atoms with Crippen LogP contribution >= 0.6 is 0 Å². The van der Waals surface area contributed by atoms with E-state index >= 15 is 0 Å². The Bertz CT molecular complexity index is 211. The van der Waals surface area contributed by atoms with Crippen LogP contribution < -0.4 is 11.1 Å². The van der Waals surface area contributed by atoms with Crippen molar-refractivity contribution in [1.82, 2.24) is 5.32 Å². The normalized spacial score (nSPS) is 26.5. The first-order valence-corrected chi connectivity index (χ1v) is 7.38. The van der Waals surface area contributed by atoms with Crippen LogP contribution in [0.1, 0.15) is 53.4 Å². The molecule has 0 radical (unpaired) electrons. The highest BCUT2D eigenvalue weighted by Crippen LogP contribution is 2.29. The Hall–Kier alpha value is -0.0800. The zero-order chi connectivity index (χ0) is 12.9. The van der Waals surface area contributed by atoms with E-state index in [-0.39, 0.29) is 0 Å². The molecule has 0 aromatic heterocycles. The molecule has 1 fully saturated rings. The van der Waals surface area contributed by atoms with Gasteiger partial charge in [0.1, 0.15) is 0 Å². The predicted octanol–water partition coefficient (Wildman–Crippen LogP) is 3.02. The van der Waals surface area contributed by atoms with E-state index in [2.05, 4.69) is 33.0 Å². The molecule has 0 bridgehead atoms. The Morgan fingerprint density at radius 3 is 2.29 bits per heavy atom. The van der Waals surface area contributed by atoms with Crippen molar-refractivity contribution in [3.8, 4) is 0 Å². The fourth-order valence-corrected chi connectivity index (χ4v) is 2.65. The van der Waals surface area contributed by atoms with Crippen LogP contribution in [-0.2, 0) is 0 Å². The van der Waals surface area contributed by atoms with Gasteiger partial charge < -0.3 is 11.1 Å². The minimum absolute atomic E-state index is 0.396. The maximum atomic E-state index is 5.87. The molecule has 0 amide bonds. The third kappa shape index (κ3) is 4.59. The van der Waals surface area contributed by atoms with Gasteiger partial charge in [-0.25, -0.2) is 0 Å². The summed E-state index contributed by atoms with van der Waals surface area (Å²) in [4.78, 5) is 0. The molecular formula is C15H32N2. The van der Waals surface area contributed by atoms with Crippen LogP contribution in [0.4, 0.5) is 0 Å². The minimum Gasteiger partial charge on any atom is -0.330 e. The van der Waals surface area contributed by atoms with Crippen LogP contribution in [0, 0.1) is 23.2 Å². The van der Waals surface area contributed by atoms with Gasteiger partial charge in [-0.1, -0.05) is 40.5 Å². The maximum Gasteiger partial charge on any atom is 0.000508 e. The fraction of sp³-hybridized carbons (Fsp3) is 1.00. The van der Waals surface area contributed by atoms with Crippen molar-refractivity contribution >= 4 is 0 Å². The molecule has 2 atom stereocenters. The van der Waals surface area contributed by atoms with Crippen molar-refractivity contribution in [2.75, 3.05) is 19.6 Å². The largest absolute Gasteiger partial charge is 0.330 e. The number of hydrogen-bond acceptors (Lipinski definition) is 2. The van der Waals surface area contributed by atoms with Crippen molar-refractivity contribution in [3.63, 3.8) is 0 Å². The molecular weight excluding hydrogens is 208 g/mol. The number of hydrogen-bond donors (Lipinski definition) is 2. The average Bonchev–Trinajstić information content (AvgIpc) is 2.29. The van der Waals surface area contributed by atoms with Crippen molar-refractivity contribution in [2.45, 2.75) is 53.4 Å². The van der Waals surface area contributed by atoms with Crippen LogP contribution in [0.2, 0.25) is 0 Å². The molecule has 17 heavy (non-hydrogen) atoms. The van der Waals surface area contributed by atoms with Gasteiger partial charge in [0.15, 0.2) is 0 Å². The molecule has 3 N–H and O–H groups in total. The Kier molecular flexibility index (Phi) is 5.94. The van der Waals surface area contributed by atoms with E-state index in [1.54, 1.807) is 0 Å². The summed E-state index contributed by atoms with van der Waals surface area (Å²) in [7, 11) is 0. The molecule has 102 valence electrons. The molecule has 0 spiro atoms. The summed E-state index contributed by atoms with van der Waals surface area (Å²) in [6.07, 6.45) is 5.50. The maximum absolute atomic E-state index is 5.87. The summed E-state index contributed by atoms with van der Waals surface area (Å²) in [6, 6.07) is 0. The topological polar surface area (TPSA) is 38.0 Å². The van der Waals surface area contributed by atoms with E-state index in [1.165, 1.54) is 25.7 Å². The lowest BCUT2D eigenvalue weighted by Crippen LogP contribution is -2.39. The highest BCUT2D eigenvalue weighted by molar-refractivity contribution is 4.80. The summed E-state index contributed by atoms with van der Waals surface area (Å²) < 4.78 is 0. The quantitative estimate of drug-likeness (QED) is 0.749. The zero-order valence-electron chi connectivity index (χ0n) is 12.3. The first-order valence-electron chi connectivity index (χ1n) is 7.38. The second-order valence-electron chi connectivity index (χ2n) is 6.81. The molecule has 1 aliphatic carbocycles. The standard InChI is InChI=1S/C15H32N2/c1-12(2)15(3,4)11-17-10-14-8-6-5-7-13(14)9-16/h12-14,17H,5-11,16H2,1-4H3. The third-order valence-electron chi connectivity index (χ3n) is 4.92. The van der Waals surface area contributed by atoms with Gasteiger partial charge >= 0.3 is 0 Å². The van der Waals surface area contributed by atoms with E-state index in [0.717, 1.165) is 37.4 Å². The first kappa shape index (κ1) is 15.0. The molecule has 0 aromatic carbocycles. The molecule has 1 rings (SSSR count).